The molecule has 10 nitrogen and oxygen atoms in total. The molecule has 0 unspecified atom stereocenters. The summed E-state index contributed by atoms with van der Waals surface area (Å²) in [6.45, 7) is 4.64. The molecule has 0 aliphatic carbocycles. The van der Waals surface area contributed by atoms with E-state index in [-0.39, 0.29) is 6.73 Å². The van der Waals surface area contributed by atoms with E-state index in [2.05, 4.69) is 22.0 Å². The number of hydrogen-bond donors (Lipinski definition) is 0. The van der Waals surface area contributed by atoms with Gasteiger partial charge >= 0.3 is 6.16 Å². The van der Waals surface area contributed by atoms with Gasteiger partial charge in [0.1, 0.15) is 16.6 Å². The van der Waals surface area contributed by atoms with Crippen LogP contribution in [0.2, 0.25) is 5.02 Å². The number of fused-ring (bicyclic) bond motifs is 1. The predicted molar refractivity (Wildman–Crippen MR) is 146 cm³/mol. The van der Waals surface area contributed by atoms with E-state index in [0.717, 1.165) is 40.7 Å². The number of carbonyl (C=O) groups excluding carboxylic acids is 1. The first-order chi connectivity index (χ1) is 18.3. The maximum absolute atomic E-state index is 11.9. The highest BCUT2D eigenvalue weighted by atomic mass is 35.5. The number of rotatable bonds is 6. The Hall–Kier alpha value is -3.70. The fourth-order valence-electron chi connectivity index (χ4n) is 5.08. The molecule has 1 fully saturated rings. The summed E-state index contributed by atoms with van der Waals surface area (Å²) in [6.07, 6.45) is 4.12. The first-order valence-corrected chi connectivity index (χ1v) is 12.8. The van der Waals surface area contributed by atoms with Crippen molar-refractivity contribution >= 4 is 46.0 Å². The van der Waals surface area contributed by atoms with Crippen LogP contribution in [0.25, 0.3) is 16.7 Å². The Morgan fingerprint density at radius 1 is 1.18 bits per heavy atom. The van der Waals surface area contributed by atoms with E-state index in [1.54, 1.807) is 24.3 Å². The van der Waals surface area contributed by atoms with Gasteiger partial charge in [0.05, 0.1) is 48.9 Å². The second-order valence-electron chi connectivity index (χ2n) is 9.17. The zero-order chi connectivity index (χ0) is 27.0. The van der Waals surface area contributed by atoms with Crippen molar-refractivity contribution in [1.82, 2.24) is 29.4 Å². The van der Waals surface area contributed by atoms with Crippen molar-refractivity contribution in [3.05, 3.63) is 64.7 Å². The Balaban J connectivity index is 1.64. The quantitative estimate of drug-likeness (QED) is 0.240. The van der Waals surface area contributed by atoms with Gasteiger partial charge in [-0.3, -0.25) is 4.57 Å². The monoisotopic (exact) mass is 554 g/mol. The SMILES string of the molecule is COC(=O)OCn1c([C@]2(C)CCCN2C(=S)c2cc(OC)ccc2-n2nccn2)nc2ccc(Cl)c(C)c21. The molecule has 2 aromatic heterocycles. The number of methoxy groups -OCH3 is 2. The molecule has 1 saturated heterocycles. The third-order valence-corrected chi connectivity index (χ3v) is 7.86. The van der Waals surface area contributed by atoms with Gasteiger partial charge in [-0.2, -0.15) is 15.0 Å². The molecule has 4 aromatic rings. The highest BCUT2D eigenvalue weighted by Gasteiger charge is 2.44. The summed E-state index contributed by atoms with van der Waals surface area (Å²) in [5, 5.41) is 9.22. The molecule has 12 heteroatoms. The highest BCUT2D eigenvalue weighted by molar-refractivity contribution is 7.80. The number of ether oxygens (including phenoxy) is 3. The van der Waals surface area contributed by atoms with Crippen molar-refractivity contribution in [2.75, 3.05) is 20.8 Å². The number of benzene rings is 2. The fourth-order valence-corrected chi connectivity index (χ4v) is 5.69. The van der Waals surface area contributed by atoms with Crippen LogP contribution in [0.3, 0.4) is 0 Å². The minimum atomic E-state index is -0.783. The van der Waals surface area contributed by atoms with Crippen molar-refractivity contribution in [2.45, 2.75) is 39.0 Å². The topological polar surface area (TPSA) is 96.5 Å². The molecule has 3 heterocycles. The van der Waals surface area contributed by atoms with Gasteiger partial charge in [-0.05, 0) is 62.6 Å². The van der Waals surface area contributed by atoms with Crippen molar-refractivity contribution in [3.8, 4) is 11.4 Å². The zero-order valence-corrected chi connectivity index (χ0v) is 23.0. The van der Waals surface area contributed by atoms with Gasteiger partial charge in [0.2, 0.25) is 0 Å². The second kappa shape index (κ2) is 10.2. The van der Waals surface area contributed by atoms with Gasteiger partial charge in [0, 0.05) is 17.1 Å². The first kappa shape index (κ1) is 25.9. The Bertz CT molecular complexity index is 1520. The van der Waals surface area contributed by atoms with Crippen LogP contribution in [0.1, 0.15) is 36.7 Å². The second-order valence-corrected chi connectivity index (χ2v) is 9.96. The van der Waals surface area contributed by atoms with Crippen LogP contribution in [-0.2, 0) is 21.7 Å². The first-order valence-electron chi connectivity index (χ1n) is 12.0. The summed E-state index contributed by atoms with van der Waals surface area (Å²) in [5.41, 5.74) is 3.26. The van der Waals surface area contributed by atoms with Crippen LogP contribution in [0.15, 0.2) is 42.7 Å². The van der Waals surface area contributed by atoms with Gasteiger partial charge in [0.25, 0.3) is 0 Å². The highest BCUT2D eigenvalue weighted by Crippen LogP contribution is 2.42. The maximum Gasteiger partial charge on any atom is 0.509 e. The van der Waals surface area contributed by atoms with Crippen LogP contribution < -0.4 is 4.74 Å². The molecule has 38 heavy (non-hydrogen) atoms. The number of nitrogens with zero attached hydrogens (tertiary/aromatic N) is 6. The number of aromatic nitrogens is 5. The van der Waals surface area contributed by atoms with Crippen molar-refractivity contribution in [3.63, 3.8) is 0 Å². The van der Waals surface area contributed by atoms with E-state index in [1.165, 1.54) is 7.11 Å². The Labute approximate surface area is 230 Å². The number of imidazole rings is 1. The lowest BCUT2D eigenvalue weighted by Gasteiger charge is -2.37. The number of aryl methyl sites for hydroxylation is 1. The summed E-state index contributed by atoms with van der Waals surface area (Å²) in [5.74, 6) is 1.38. The fraction of sp³-hybridized carbons (Fsp3) is 0.346. The average Bonchev–Trinajstić information content (AvgIpc) is 3.68. The summed E-state index contributed by atoms with van der Waals surface area (Å²) >= 11 is 12.6. The lowest BCUT2D eigenvalue weighted by atomic mass is 9.96. The van der Waals surface area contributed by atoms with Crippen molar-refractivity contribution in [1.29, 1.82) is 0 Å². The van der Waals surface area contributed by atoms with Crippen molar-refractivity contribution < 1.29 is 19.0 Å². The molecule has 5 rings (SSSR count). The summed E-state index contributed by atoms with van der Waals surface area (Å²) in [7, 11) is 2.89. The summed E-state index contributed by atoms with van der Waals surface area (Å²) in [6, 6.07) is 9.32. The summed E-state index contributed by atoms with van der Waals surface area (Å²) in [4.78, 5) is 21.2. The molecule has 0 spiro atoms. The molecule has 0 saturated carbocycles. The minimum Gasteiger partial charge on any atom is -0.497 e. The molecule has 0 N–H and O–H groups in total. The van der Waals surface area contributed by atoms with Gasteiger partial charge in [-0.1, -0.05) is 23.8 Å². The van der Waals surface area contributed by atoms with Crippen LogP contribution in [-0.4, -0.2) is 61.4 Å². The number of halogens is 1. The molecule has 2 aromatic carbocycles. The predicted octanol–water partition coefficient (Wildman–Crippen LogP) is 5.01. The van der Waals surface area contributed by atoms with Gasteiger partial charge in [0.15, 0.2) is 6.73 Å². The third-order valence-electron chi connectivity index (χ3n) is 7.01. The maximum atomic E-state index is 11.9. The van der Waals surface area contributed by atoms with Gasteiger partial charge in [-0.15, -0.1) is 0 Å². The molecule has 0 bridgehead atoms. The van der Waals surface area contributed by atoms with E-state index in [4.69, 9.17) is 43.0 Å². The zero-order valence-electron chi connectivity index (χ0n) is 21.5. The van der Waals surface area contributed by atoms with E-state index >= 15 is 0 Å². The van der Waals surface area contributed by atoms with Gasteiger partial charge < -0.3 is 19.1 Å². The lowest BCUT2D eigenvalue weighted by molar-refractivity contribution is 0.0466. The summed E-state index contributed by atoms with van der Waals surface area (Å²) < 4.78 is 17.5. The van der Waals surface area contributed by atoms with E-state index < -0.39 is 11.7 Å². The number of hydrogen-bond acceptors (Lipinski definition) is 8. The Morgan fingerprint density at radius 3 is 2.66 bits per heavy atom. The average molecular weight is 555 g/mol. The molecule has 0 radical (unpaired) electrons. The molecule has 1 aliphatic rings. The molecular weight excluding hydrogens is 528 g/mol. The van der Waals surface area contributed by atoms with Crippen molar-refractivity contribution in [2.24, 2.45) is 0 Å². The lowest BCUT2D eigenvalue weighted by Crippen LogP contribution is -2.44. The number of likely N-dealkylation sites (tertiary alicyclic amines) is 1. The van der Waals surface area contributed by atoms with Crippen LogP contribution in [0.5, 0.6) is 5.75 Å². The van der Waals surface area contributed by atoms with Gasteiger partial charge in [-0.25, -0.2) is 9.78 Å². The number of carbonyl (C=O) groups is 1. The third kappa shape index (κ3) is 4.35. The van der Waals surface area contributed by atoms with E-state index in [9.17, 15) is 4.79 Å². The number of thiocarbonyl (C=S) groups is 1. The van der Waals surface area contributed by atoms with Crippen LogP contribution in [0.4, 0.5) is 4.79 Å². The van der Waals surface area contributed by atoms with Crippen LogP contribution >= 0.6 is 23.8 Å². The molecule has 198 valence electrons. The van der Waals surface area contributed by atoms with Crippen LogP contribution in [0, 0.1) is 6.92 Å². The standard InChI is InChI=1S/C26H27ClN6O4S/c1-16-19(27)7-8-20-22(16)31(15-37-25(34)36-4)24(30-20)26(2)10-5-13-32(26)23(38)18-14-17(35-3)6-9-21(18)33-28-11-12-29-33/h6-9,11-12,14H,5,10,13,15H2,1-4H3/t26-/m0/s1. The smallest absolute Gasteiger partial charge is 0.497 e. The largest absolute Gasteiger partial charge is 0.509 e. The molecular formula is C26H27ClN6O4S. The molecule has 1 atom stereocenters. The normalized spacial score (nSPS) is 17.1. The van der Waals surface area contributed by atoms with E-state index in [0.29, 0.717) is 28.1 Å². The Morgan fingerprint density at radius 2 is 1.95 bits per heavy atom. The Kier molecular flexibility index (Phi) is 6.97. The molecule has 1 aliphatic heterocycles. The van der Waals surface area contributed by atoms with E-state index in [1.807, 2.05) is 41.8 Å². The minimum absolute atomic E-state index is 0.0858. The molecule has 0 amide bonds.